The summed E-state index contributed by atoms with van der Waals surface area (Å²) < 4.78 is 13.5. The van der Waals surface area contributed by atoms with E-state index in [1.807, 2.05) is 0 Å². The van der Waals surface area contributed by atoms with Crippen molar-refractivity contribution in [3.8, 4) is 0 Å². The highest BCUT2D eigenvalue weighted by Gasteiger charge is 2.21. The van der Waals surface area contributed by atoms with E-state index in [2.05, 4.69) is 10.2 Å². The lowest BCUT2D eigenvalue weighted by Gasteiger charge is -2.10. The van der Waals surface area contributed by atoms with Crippen LogP contribution in [0.1, 0.15) is 50.1 Å². The minimum absolute atomic E-state index is 0.00393. The van der Waals surface area contributed by atoms with Gasteiger partial charge in [-0.3, -0.25) is 5.10 Å². The average molecular weight is 197 g/mol. The highest BCUT2D eigenvalue weighted by molar-refractivity contribution is 5.33. The van der Waals surface area contributed by atoms with Crippen LogP contribution in [0.25, 0.3) is 0 Å². The van der Waals surface area contributed by atoms with Crippen molar-refractivity contribution in [2.75, 3.05) is 5.73 Å². The Bertz CT molecular complexity index is 300. The number of nitrogen functional groups attached to an aromatic ring is 1. The summed E-state index contributed by atoms with van der Waals surface area (Å²) in [5.74, 6) is -0.0385. The number of nitrogens with two attached hydrogens (primary N) is 1. The van der Waals surface area contributed by atoms with Crippen LogP contribution in [-0.4, -0.2) is 10.2 Å². The van der Waals surface area contributed by atoms with Gasteiger partial charge in [-0.15, -0.1) is 0 Å². The van der Waals surface area contributed by atoms with Crippen LogP contribution in [0.15, 0.2) is 0 Å². The largest absolute Gasteiger partial charge is 0.380 e. The first-order chi connectivity index (χ1) is 6.79. The van der Waals surface area contributed by atoms with E-state index in [0.29, 0.717) is 11.6 Å². The fourth-order valence-corrected chi connectivity index (χ4v) is 2.20. The van der Waals surface area contributed by atoms with Crippen molar-refractivity contribution >= 4 is 5.82 Å². The van der Waals surface area contributed by atoms with Gasteiger partial charge in [-0.25, -0.2) is 4.39 Å². The number of hydrogen-bond donors (Lipinski definition) is 2. The minimum Gasteiger partial charge on any atom is -0.380 e. The zero-order chi connectivity index (χ0) is 9.97. The third kappa shape index (κ3) is 1.74. The molecule has 1 aliphatic carbocycles. The smallest absolute Gasteiger partial charge is 0.188 e. The second-order valence-electron chi connectivity index (χ2n) is 4.02. The van der Waals surface area contributed by atoms with E-state index < -0.39 is 0 Å². The molecule has 0 amide bonds. The highest BCUT2D eigenvalue weighted by Crippen LogP contribution is 2.32. The van der Waals surface area contributed by atoms with Crippen molar-refractivity contribution in [3.05, 3.63) is 11.5 Å². The number of hydrogen-bond acceptors (Lipinski definition) is 2. The molecule has 0 atom stereocenters. The monoisotopic (exact) mass is 197 g/mol. The molecule has 1 aromatic rings. The number of aromatic amines is 1. The van der Waals surface area contributed by atoms with Gasteiger partial charge in [0.25, 0.3) is 0 Å². The first-order valence-corrected chi connectivity index (χ1v) is 5.28. The maximum absolute atomic E-state index is 13.5. The van der Waals surface area contributed by atoms with Crippen LogP contribution < -0.4 is 5.73 Å². The molecule has 78 valence electrons. The van der Waals surface area contributed by atoms with Crippen LogP contribution in [0.4, 0.5) is 10.2 Å². The molecule has 0 aromatic carbocycles. The molecular formula is C10H16FN3. The summed E-state index contributed by atoms with van der Waals surface area (Å²) in [5.41, 5.74) is 5.98. The number of anilines is 1. The van der Waals surface area contributed by atoms with E-state index in [-0.39, 0.29) is 11.6 Å². The lowest BCUT2D eigenvalue weighted by atomic mass is 9.96. The predicted octanol–water partition coefficient (Wildman–Crippen LogP) is 2.57. The maximum Gasteiger partial charge on any atom is 0.188 e. The number of nitrogens with one attached hydrogen (secondary N) is 1. The van der Waals surface area contributed by atoms with Crippen LogP contribution in [0, 0.1) is 5.82 Å². The molecule has 0 spiro atoms. The molecule has 1 aliphatic rings. The lowest BCUT2D eigenvalue weighted by Crippen LogP contribution is -2.00. The summed E-state index contributed by atoms with van der Waals surface area (Å²) in [6.07, 6.45) is 7.01. The standard InChI is InChI=1S/C10H16FN3/c11-8-9(13-14-10(8)12)7-5-3-1-2-4-6-7/h7H,1-6H2,(H3,12,13,14). The zero-order valence-electron chi connectivity index (χ0n) is 8.22. The average Bonchev–Trinajstić information content (AvgIpc) is 2.47. The first kappa shape index (κ1) is 9.49. The van der Waals surface area contributed by atoms with E-state index in [1.54, 1.807) is 0 Å². The fourth-order valence-electron chi connectivity index (χ4n) is 2.20. The molecule has 1 aromatic heterocycles. The summed E-state index contributed by atoms with van der Waals surface area (Å²) >= 11 is 0. The minimum atomic E-state index is -0.336. The van der Waals surface area contributed by atoms with E-state index in [9.17, 15) is 4.39 Å². The first-order valence-electron chi connectivity index (χ1n) is 5.28. The molecule has 0 saturated heterocycles. The quantitative estimate of drug-likeness (QED) is 0.680. The van der Waals surface area contributed by atoms with Crippen LogP contribution in [0.5, 0.6) is 0 Å². The molecule has 0 radical (unpaired) electrons. The van der Waals surface area contributed by atoms with Crippen molar-refractivity contribution in [2.45, 2.75) is 44.4 Å². The summed E-state index contributed by atoms with van der Waals surface area (Å²) in [6.45, 7) is 0. The van der Waals surface area contributed by atoms with Crippen molar-refractivity contribution in [1.29, 1.82) is 0 Å². The third-order valence-electron chi connectivity index (χ3n) is 3.02. The van der Waals surface area contributed by atoms with Gasteiger partial charge in [0.05, 0.1) is 5.69 Å². The summed E-state index contributed by atoms with van der Waals surface area (Å²) in [4.78, 5) is 0. The fraction of sp³-hybridized carbons (Fsp3) is 0.700. The Hall–Kier alpha value is -1.06. The third-order valence-corrected chi connectivity index (χ3v) is 3.02. The van der Waals surface area contributed by atoms with E-state index >= 15 is 0 Å². The van der Waals surface area contributed by atoms with Gasteiger partial charge in [0.2, 0.25) is 0 Å². The van der Waals surface area contributed by atoms with Crippen LogP contribution in [0.3, 0.4) is 0 Å². The van der Waals surface area contributed by atoms with Crippen molar-refractivity contribution in [1.82, 2.24) is 10.2 Å². The number of aromatic nitrogens is 2. The second-order valence-corrected chi connectivity index (χ2v) is 4.02. The Morgan fingerprint density at radius 3 is 2.36 bits per heavy atom. The van der Waals surface area contributed by atoms with Gasteiger partial charge in [-0.05, 0) is 12.8 Å². The van der Waals surface area contributed by atoms with Crippen LogP contribution in [0.2, 0.25) is 0 Å². The molecule has 4 heteroatoms. The summed E-state index contributed by atoms with van der Waals surface area (Å²) in [7, 11) is 0. The van der Waals surface area contributed by atoms with E-state index in [4.69, 9.17) is 5.73 Å². The zero-order valence-corrected chi connectivity index (χ0v) is 8.22. The lowest BCUT2D eigenvalue weighted by molar-refractivity contribution is 0.530. The summed E-state index contributed by atoms with van der Waals surface area (Å²) in [6, 6.07) is 0. The molecule has 0 aliphatic heterocycles. The Morgan fingerprint density at radius 2 is 1.86 bits per heavy atom. The van der Waals surface area contributed by atoms with E-state index in [0.717, 1.165) is 12.8 Å². The Balaban J connectivity index is 2.16. The molecule has 3 nitrogen and oxygen atoms in total. The Labute approximate surface area is 82.9 Å². The van der Waals surface area contributed by atoms with Crippen molar-refractivity contribution < 1.29 is 4.39 Å². The molecular weight excluding hydrogens is 181 g/mol. The molecule has 14 heavy (non-hydrogen) atoms. The molecule has 0 unspecified atom stereocenters. The van der Waals surface area contributed by atoms with Crippen molar-refractivity contribution in [2.24, 2.45) is 0 Å². The van der Waals surface area contributed by atoms with Gasteiger partial charge in [-0.1, -0.05) is 25.7 Å². The van der Waals surface area contributed by atoms with Crippen LogP contribution in [-0.2, 0) is 0 Å². The second kappa shape index (κ2) is 3.98. The molecule has 1 fully saturated rings. The number of nitrogens with zero attached hydrogens (tertiary/aromatic N) is 1. The van der Waals surface area contributed by atoms with Crippen molar-refractivity contribution in [3.63, 3.8) is 0 Å². The highest BCUT2D eigenvalue weighted by atomic mass is 19.1. The van der Waals surface area contributed by atoms with Gasteiger partial charge < -0.3 is 5.73 Å². The van der Waals surface area contributed by atoms with Crippen LogP contribution >= 0.6 is 0 Å². The van der Waals surface area contributed by atoms with Gasteiger partial charge in [0.15, 0.2) is 11.6 Å². The molecule has 3 N–H and O–H groups in total. The molecule has 0 bridgehead atoms. The summed E-state index contributed by atoms with van der Waals surface area (Å²) in [5, 5.41) is 6.42. The van der Waals surface area contributed by atoms with Gasteiger partial charge in [-0.2, -0.15) is 5.10 Å². The van der Waals surface area contributed by atoms with Gasteiger partial charge in [0.1, 0.15) is 0 Å². The van der Waals surface area contributed by atoms with Gasteiger partial charge >= 0.3 is 0 Å². The normalized spacial score (nSPS) is 19.5. The topological polar surface area (TPSA) is 54.7 Å². The Morgan fingerprint density at radius 1 is 1.21 bits per heavy atom. The number of rotatable bonds is 1. The SMILES string of the molecule is Nc1n[nH]c(C2CCCCCC2)c1F. The molecule has 2 rings (SSSR count). The number of halogens is 1. The molecule has 1 saturated carbocycles. The Kier molecular flexibility index (Phi) is 2.70. The number of H-pyrrole nitrogens is 1. The van der Waals surface area contributed by atoms with E-state index in [1.165, 1.54) is 25.7 Å². The molecule has 1 heterocycles. The van der Waals surface area contributed by atoms with Gasteiger partial charge in [0, 0.05) is 5.92 Å². The maximum atomic E-state index is 13.5. The predicted molar refractivity (Wildman–Crippen MR) is 53.4 cm³/mol.